The highest BCUT2D eigenvalue weighted by molar-refractivity contribution is 5.87. The molecule has 0 aliphatic rings. The van der Waals surface area contributed by atoms with E-state index in [-0.39, 0.29) is 5.97 Å². The molecule has 18 heteroatoms. The van der Waals surface area contributed by atoms with Gasteiger partial charge in [-0.3, -0.25) is 4.79 Å². The van der Waals surface area contributed by atoms with Gasteiger partial charge in [0.1, 0.15) is 22.5 Å². The second-order valence-electron chi connectivity index (χ2n) is 17.3. The smallest absolute Gasteiger partial charge is 0.302 e. The summed E-state index contributed by atoms with van der Waals surface area (Å²) in [4.78, 5) is 19.0. The molecule has 4 aromatic heterocycles. The van der Waals surface area contributed by atoms with Crippen molar-refractivity contribution >= 4 is 51.6 Å². The first-order valence-electron chi connectivity index (χ1n) is 25.6. The molecule has 76 heavy (non-hydrogen) atoms. The summed E-state index contributed by atoms with van der Waals surface area (Å²) >= 11 is 0. The van der Waals surface area contributed by atoms with E-state index in [1.807, 2.05) is 97.9 Å². The number of esters is 1. The van der Waals surface area contributed by atoms with Crippen LogP contribution in [0.2, 0.25) is 0 Å². The number of fused-ring (bicyclic) bond motifs is 2. The summed E-state index contributed by atoms with van der Waals surface area (Å²) in [5, 5.41) is 36.1. The fourth-order valence-corrected chi connectivity index (χ4v) is 8.27. The van der Waals surface area contributed by atoms with Crippen LogP contribution >= 0.6 is 0 Å². The van der Waals surface area contributed by atoms with E-state index in [0.717, 1.165) is 128 Å². The highest BCUT2D eigenvalue weighted by Gasteiger charge is 2.21. The zero-order valence-corrected chi connectivity index (χ0v) is 43.6. The summed E-state index contributed by atoms with van der Waals surface area (Å²) in [7, 11) is 0. The lowest BCUT2D eigenvalue weighted by molar-refractivity contribution is -0.140. The Hall–Kier alpha value is -9.19. The van der Waals surface area contributed by atoms with Gasteiger partial charge in [0, 0.05) is 23.6 Å². The molecule has 0 fully saturated rings. The second kappa shape index (κ2) is 26.7. The van der Waals surface area contributed by atoms with E-state index in [2.05, 4.69) is 130 Å². The lowest BCUT2D eigenvalue weighted by Gasteiger charge is -2.19. The highest BCUT2D eigenvalue weighted by Crippen LogP contribution is 2.42. The van der Waals surface area contributed by atoms with Crippen LogP contribution in [0.15, 0.2) is 142 Å². The van der Waals surface area contributed by atoms with Crippen molar-refractivity contribution in [3.05, 3.63) is 145 Å². The Balaban J connectivity index is 0.000000182. The Labute approximate surface area is 440 Å². The lowest BCUT2D eigenvalue weighted by Crippen LogP contribution is -2.04. The van der Waals surface area contributed by atoms with Crippen molar-refractivity contribution in [2.45, 2.75) is 80.1 Å². The zero-order chi connectivity index (χ0) is 53.1. The topological polar surface area (TPSA) is 230 Å². The molecule has 4 N–H and O–H groups in total. The van der Waals surface area contributed by atoms with Crippen molar-refractivity contribution in [2.75, 3.05) is 30.5 Å². The average molecular weight is 1020 g/mol. The Morgan fingerprint density at radius 2 is 1.08 bits per heavy atom. The van der Waals surface area contributed by atoms with Crippen LogP contribution in [0, 0.1) is 0 Å². The number of hydrogen-bond donors (Lipinski definition) is 4. The van der Waals surface area contributed by atoms with Gasteiger partial charge in [0.2, 0.25) is 11.6 Å². The fourth-order valence-electron chi connectivity index (χ4n) is 8.27. The molecule has 0 amide bonds. The minimum Gasteiger partial charge on any atom is -0.491 e. The molecule has 0 atom stereocenters. The van der Waals surface area contributed by atoms with Crippen LogP contribution in [-0.2, 0) is 22.4 Å². The number of unbranched alkanes of at least 4 members (excludes halogenated alkanes) is 1. The van der Waals surface area contributed by atoms with Crippen LogP contribution in [0.25, 0.3) is 67.2 Å². The fraction of sp³-hybridized carbons (Fsp3) is 0.259. The van der Waals surface area contributed by atoms with E-state index < -0.39 is 0 Å². The number of aromatic nitrogens is 10. The number of carbonyl (C=O) groups excluding carboxylic acids is 1. The number of rotatable bonds is 20. The number of hydrogen-bond acceptors (Lipinski definition) is 16. The minimum atomic E-state index is -0.211. The molecule has 390 valence electrons. The summed E-state index contributed by atoms with van der Waals surface area (Å²) in [6, 6.07) is 40.8. The number of aromatic amines is 2. The van der Waals surface area contributed by atoms with Crippen LogP contribution in [0.1, 0.15) is 78.4 Å². The van der Waals surface area contributed by atoms with E-state index in [1.54, 1.807) is 6.92 Å². The number of aryl methyl sites for hydroxylation is 1. The van der Waals surface area contributed by atoms with Gasteiger partial charge in [-0.1, -0.05) is 112 Å². The largest absolute Gasteiger partial charge is 0.491 e. The molecule has 4 heterocycles. The third-order valence-electron chi connectivity index (χ3n) is 11.7. The van der Waals surface area contributed by atoms with Crippen LogP contribution < -0.4 is 20.1 Å². The summed E-state index contributed by atoms with van der Waals surface area (Å²) in [6.07, 6.45) is 9.73. The predicted molar refractivity (Wildman–Crippen MR) is 296 cm³/mol. The van der Waals surface area contributed by atoms with Crippen LogP contribution in [0.5, 0.6) is 11.5 Å². The number of carbonyl (C=O) groups is 1. The third kappa shape index (κ3) is 13.5. The number of para-hydroxylation sites is 4. The SMILES string of the molecule is C/C=C/Cc1cc(-c2ccccc2-c2nn[nH]n2)cc(Nc2nc3ccccc3o2)c1OCCC.CCCCc1cc(-c2ccccc2-c2nn[nH]n2)cc(Nc2nc3ccccc3o2)c1OCCC.CCOC(C)=O. The average Bonchev–Trinajstić information content (AvgIpc) is 4.30. The minimum absolute atomic E-state index is 0.211. The Morgan fingerprint density at radius 3 is 1.50 bits per heavy atom. The first-order chi connectivity index (χ1) is 37.3. The second-order valence-corrected chi connectivity index (χ2v) is 17.3. The normalized spacial score (nSPS) is 11.0. The molecular formula is C58H62N12O6. The summed E-state index contributed by atoms with van der Waals surface area (Å²) in [5.74, 6) is 2.50. The van der Waals surface area contributed by atoms with Gasteiger partial charge >= 0.3 is 5.97 Å². The van der Waals surface area contributed by atoms with Crippen molar-refractivity contribution in [1.82, 2.24) is 51.2 Å². The molecule has 10 aromatic rings. The van der Waals surface area contributed by atoms with E-state index in [1.165, 1.54) is 6.92 Å². The first kappa shape index (κ1) is 53.1. The van der Waals surface area contributed by atoms with Gasteiger partial charge in [0.25, 0.3) is 12.0 Å². The number of anilines is 4. The van der Waals surface area contributed by atoms with Crippen molar-refractivity contribution in [3.8, 4) is 56.5 Å². The summed E-state index contributed by atoms with van der Waals surface area (Å²) in [6.45, 7) is 13.3. The molecule has 0 saturated carbocycles. The monoisotopic (exact) mass is 1020 g/mol. The van der Waals surface area contributed by atoms with Gasteiger partial charge in [-0.05, 0) is 133 Å². The van der Waals surface area contributed by atoms with E-state index in [4.69, 9.17) is 18.3 Å². The molecule has 0 spiro atoms. The maximum atomic E-state index is 9.82. The molecule has 0 saturated heterocycles. The summed E-state index contributed by atoms with van der Waals surface area (Å²) < 4.78 is 28.9. The van der Waals surface area contributed by atoms with Crippen LogP contribution in [0.3, 0.4) is 0 Å². The Kier molecular flexibility index (Phi) is 18.6. The number of nitrogens with one attached hydrogen (secondary N) is 4. The van der Waals surface area contributed by atoms with E-state index >= 15 is 0 Å². The first-order valence-corrected chi connectivity index (χ1v) is 25.6. The maximum absolute atomic E-state index is 9.82. The number of benzene rings is 6. The molecule has 18 nitrogen and oxygen atoms in total. The molecule has 0 bridgehead atoms. The van der Waals surface area contributed by atoms with Gasteiger partial charge < -0.3 is 33.7 Å². The van der Waals surface area contributed by atoms with Gasteiger partial charge in [0.15, 0.2) is 11.2 Å². The number of nitrogens with zero attached hydrogens (tertiary/aromatic N) is 8. The highest BCUT2D eigenvalue weighted by atomic mass is 16.5. The molecule has 0 radical (unpaired) electrons. The summed E-state index contributed by atoms with van der Waals surface area (Å²) in [5.41, 5.74) is 12.6. The van der Waals surface area contributed by atoms with E-state index in [0.29, 0.717) is 43.5 Å². The predicted octanol–water partition coefficient (Wildman–Crippen LogP) is 13.4. The lowest BCUT2D eigenvalue weighted by atomic mass is 9.94. The van der Waals surface area contributed by atoms with Crippen molar-refractivity contribution in [1.29, 1.82) is 0 Å². The van der Waals surface area contributed by atoms with Crippen molar-refractivity contribution in [3.63, 3.8) is 0 Å². The van der Waals surface area contributed by atoms with Gasteiger partial charge in [-0.25, -0.2) is 0 Å². The Morgan fingerprint density at radius 1 is 0.605 bits per heavy atom. The molecular weight excluding hydrogens is 961 g/mol. The standard InChI is InChI=1S/C27H28N6O2.C27H26N6O2.C4H8O2/c2*1-3-5-10-18-16-19(20-11-6-7-12-21(20)26-30-32-33-31-26)17-23(25(18)34-15-4-2)29-27-28-22-13-8-9-14-24(22)35-27;1-3-6-4(2)5/h6-9,11-14,16-17H,3-5,10,15H2,1-2H3,(H,28,29)(H,30,31,32,33);3,5-9,11-14,16-17H,4,10,15H2,1-2H3,(H,28,29)(H,30,31,32,33);3H2,1-2H3/b;5-3+;. The quantitative estimate of drug-likeness (QED) is 0.0411. The van der Waals surface area contributed by atoms with E-state index in [9.17, 15) is 4.79 Å². The molecule has 0 aliphatic carbocycles. The number of oxazole rings is 2. The molecule has 10 rings (SSSR count). The third-order valence-corrected chi connectivity index (χ3v) is 11.7. The molecule has 0 aliphatic heterocycles. The van der Waals surface area contributed by atoms with Gasteiger partial charge in [0.05, 0.1) is 31.2 Å². The van der Waals surface area contributed by atoms with Crippen LogP contribution in [-0.4, -0.2) is 77.0 Å². The van der Waals surface area contributed by atoms with Gasteiger partial charge in [-0.2, -0.15) is 20.4 Å². The number of tetrazole rings is 2. The maximum Gasteiger partial charge on any atom is 0.302 e. The number of allylic oxidation sites excluding steroid dienone is 2. The number of ether oxygens (including phenoxy) is 3. The van der Waals surface area contributed by atoms with Gasteiger partial charge in [-0.15, -0.1) is 20.4 Å². The van der Waals surface area contributed by atoms with Crippen molar-refractivity contribution < 1.29 is 27.8 Å². The molecule has 0 unspecified atom stereocenters. The Bertz CT molecular complexity index is 3390. The zero-order valence-electron chi connectivity index (χ0n) is 43.6. The molecule has 6 aromatic carbocycles. The van der Waals surface area contributed by atoms with Crippen LogP contribution in [0.4, 0.5) is 23.4 Å². The number of H-pyrrole nitrogens is 2. The van der Waals surface area contributed by atoms with Crippen molar-refractivity contribution in [2.24, 2.45) is 0 Å².